The molecule has 0 radical (unpaired) electrons. The summed E-state index contributed by atoms with van der Waals surface area (Å²) in [5.41, 5.74) is 0. The highest BCUT2D eigenvalue weighted by molar-refractivity contribution is 7.32. The molecular formula is C3H8ClO3P. The summed E-state index contributed by atoms with van der Waals surface area (Å²) in [4.78, 5) is 8.13. The fourth-order valence-electron chi connectivity index (χ4n) is 0.208. The minimum atomic E-state index is -2.87. The van der Waals surface area contributed by atoms with Crippen LogP contribution in [0.5, 0.6) is 0 Å². The standard InChI is InChI=1S/C3H8ClO3P/c1-3(2,4)7-8(5)6/h8H,1-2H3,(H,5,6). The quantitative estimate of drug-likeness (QED) is 0.488. The molecule has 0 aromatic carbocycles. The van der Waals surface area contributed by atoms with Gasteiger partial charge in [0.05, 0.1) is 0 Å². The topological polar surface area (TPSA) is 46.5 Å². The predicted molar refractivity (Wildman–Crippen MR) is 32.2 cm³/mol. The van der Waals surface area contributed by atoms with Crippen molar-refractivity contribution in [3.8, 4) is 0 Å². The maximum absolute atomic E-state index is 9.89. The van der Waals surface area contributed by atoms with Gasteiger partial charge in [0.2, 0.25) is 0 Å². The molecule has 50 valence electrons. The van der Waals surface area contributed by atoms with Crippen LogP contribution in [0.3, 0.4) is 0 Å². The van der Waals surface area contributed by atoms with Gasteiger partial charge in [-0.3, -0.25) is 9.09 Å². The van der Waals surface area contributed by atoms with Gasteiger partial charge in [-0.15, -0.1) is 0 Å². The molecule has 0 aromatic rings. The smallest absolute Gasteiger partial charge is 0.318 e. The molecule has 0 aliphatic heterocycles. The van der Waals surface area contributed by atoms with Crippen LogP contribution < -0.4 is 0 Å². The zero-order chi connectivity index (χ0) is 6.78. The van der Waals surface area contributed by atoms with E-state index in [0.29, 0.717) is 0 Å². The Morgan fingerprint density at radius 3 is 2.12 bits per heavy atom. The summed E-state index contributed by atoms with van der Waals surface area (Å²) < 4.78 is 14.2. The molecule has 1 atom stereocenters. The molecule has 0 fully saturated rings. The molecule has 0 bridgehead atoms. The zero-order valence-electron chi connectivity index (χ0n) is 4.64. The van der Waals surface area contributed by atoms with Crippen molar-refractivity contribution in [2.45, 2.75) is 18.9 Å². The van der Waals surface area contributed by atoms with Crippen molar-refractivity contribution in [1.29, 1.82) is 0 Å². The lowest BCUT2D eigenvalue weighted by Crippen LogP contribution is -2.09. The summed E-state index contributed by atoms with van der Waals surface area (Å²) >= 11 is 5.37. The largest absolute Gasteiger partial charge is 0.326 e. The van der Waals surface area contributed by atoms with Crippen LogP contribution in [0.2, 0.25) is 0 Å². The van der Waals surface area contributed by atoms with Crippen molar-refractivity contribution in [2.24, 2.45) is 0 Å². The molecule has 1 N–H and O–H groups in total. The minimum Gasteiger partial charge on any atom is -0.326 e. The Balaban J connectivity index is 3.55. The molecular weight excluding hydrogens is 150 g/mol. The third-order valence-corrected chi connectivity index (χ3v) is 1.22. The summed E-state index contributed by atoms with van der Waals surface area (Å²) in [6.45, 7) is 2.99. The summed E-state index contributed by atoms with van der Waals surface area (Å²) in [5, 5.41) is -1.02. The Bertz CT molecular complexity index is 97.2. The van der Waals surface area contributed by atoms with E-state index >= 15 is 0 Å². The predicted octanol–water partition coefficient (Wildman–Crippen LogP) is 1.36. The Labute approximate surface area is 53.6 Å². The van der Waals surface area contributed by atoms with E-state index in [2.05, 4.69) is 4.52 Å². The third kappa shape index (κ3) is 6.44. The van der Waals surface area contributed by atoms with Crippen LogP contribution in [0.15, 0.2) is 0 Å². The van der Waals surface area contributed by atoms with Gasteiger partial charge in [0.15, 0.2) is 0 Å². The number of hydrogen-bond donors (Lipinski definition) is 1. The second kappa shape index (κ2) is 2.83. The van der Waals surface area contributed by atoms with E-state index in [9.17, 15) is 4.57 Å². The van der Waals surface area contributed by atoms with Gasteiger partial charge in [0.25, 0.3) is 0 Å². The van der Waals surface area contributed by atoms with Crippen LogP contribution in [-0.4, -0.2) is 9.95 Å². The Kier molecular flexibility index (Phi) is 2.99. The second-order valence-corrected chi connectivity index (χ2v) is 3.38. The van der Waals surface area contributed by atoms with Crippen LogP contribution in [-0.2, 0) is 9.09 Å². The van der Waals surface area contributed by atoms with E-state index in [1.54, 1.807) is 0 Å². The van der Waals surface area contributed by atoms with Gasteiger partial charge in [-0.05, 0) is 13.8 Å². The highest BCUT2D eigenvalue weighted by Crippen LogP contribution is 2.28. The van der Waals surface area contributed by atoms with Crippen molar-refractivity contribution in [3.05, 3.63) is 0 Å². The Morgan fingerprint density at radius 2 is 2.12 bits per heavy atom. The fourth-order valence-corrected chi connectivity index (χ4v) is 0.821. The molecule has 0 aliphatic carbocycles. The number of alkyl halides is 1. The zero-order valence-corrected chi connectivity index (χ0v) is 6.40. The first kappa shape index (κ1) is 8.44. The molecule has 5 heteroatoms. The molecule has 3 nitrogen and oxygen atoms in total. The van der Waals surface area contributed by atoms with Gasteiger partial charge in [0, 0.05) is 0 Å². The average Bonchev–Trinajstić information content (AvgIpc) is 1.21. The van der Waals surface area contributed by atoms with Crippen molar-refractivity contribution >= 4 is 19.9 Å². The van der Waals surface area contributed by atoms with E-state index in [1.165, 1.54) is 13.8 Å². The van der Waals surface area contributed by atoms with Gasteiger partial charge in [-0.25, -0.2) is 0 Å². The highest BCUT2D eigenvalue weighted by atomic mass is 35.5. The van der Waals surface area contributed by atoms with Crippen LogP contribution in [0.4, 0.5) is 0 Å². The lowest BCUT2D eigenvalue weighted by Gasteiger charge is -2.12. The fraction of sp³-hybridized carbons (Fsp3) is 1.00. The Morgan fingerprint density at radius 1 is 1.75 bits per heavy atom. The third-order valence-electron chi connectivity index (χ3n) is 0.330. The van der Waals surface area contributed by atoms with Crippen molar-refractivity contribution in [1.82, 2.24) is 0 Å². The van der Waals surface area contributed by atoms with E-state index in [1.807, 2.05) is 0 Å². The minimum absolute atomic E-state index is 1.02. The molecule has 0 amide bonds. The lowest BCUT2D eigenvalue weighted by atomic mass is 10.5. The number of halogens is 1. The summed E-state index contributed by atoms with van der Waals surface area (Å²) in [5.74, 6) is 0. The first-order valence-electron chi connectivity index (χ1n) is 2.02. The lowest BCUT2D eigenvalue weighted by molar-refractivity contribution is 0.185. The van der Waals surface area contributed by atoms with E-state index in [-0.39, 0.29) is 0 Å². The average molecular weight is 159 g/mol. The molecule has 8 heavy (non-hydrogen) atoms. The molecule has 0 rings (SSSR count). The van der Waals surface area contributed by atoms with Gasteiger partial charge in [-0.1, -0.05) is 11.6 Å². The molecule has 0 saturated heterocycles. The van der Waals surface area contributed by atoms with Crippen molar-refractivity contribution < 1.29 is 14.0 Å². The molecule has 0 aromatic heterocycles. The monoisotopic (exact) mass is 158 g/mol. The van der Waals surface area contributed by atoms with Crippen LogP contribution >= 0.6 is 19.9 Å². The van der Waals surface area contributed by atoms with Crippen LogP contribution in [0.1, 0.15) is 13.8 Å². The molecule has 1 unspecified atom stereocenters. The molecule has 0 heterocycles. The normalized spacial score (nSPS) is 16.0. The maximum atomic E-state index is 9.89. The van der Waals surface area contributed by atoms with Crippen LogP contribution in [0, 0.1) is 0 Å². The summed E-state index contributed by atoms with van der Waals surface area (Å²) in [6, 6.07) is 0. The second-order valence-electron chi connectivity index (χ2n) is 1.73. The summed E-state index contributed by atoms with van der Waals surface area (Å²) in [6.07, 6.45) is 0. The molecule has 0 spiro atoms. The Hall–Kier alpha value is 0.440. The van der Waals surface area contributed by atoms with Gasteiger partial charge in [-0.2, -0.15) is 0 Å². The van der Waals surface area contributed by atoms with Gasteiger partial charge < -0.3 is 4.89 Å². The van der Waals surface area contributed by atoms with E-state index in [0.717, 1.165) is 0 Å². The van der Waals surface area contributed by atoms with E-state index in [4.69, 9.17) is 16.5 Å². The van der Waals surface area contributed by atoms with Crippen molar-refractivity contribution in [3.63, 3.8) is 0 Å². The van der Waals surface area contributed by atoms with E-state index < -0.39 is 13.3 Å². The van der Waals surface area contributed by atoms with Gasteiger partial charge in [0.1, 0.15) is 5.06 Å². The van der Waals surface area contributed by atoms with Crippen molar-refractivity contribution in [2.75, 3.05) is 0 Å². The first-order chi connectivity index (χ1) is 3.42. The summed E-state index contributed by atoms with van der Waals surface area (Å²) in [7, 11) is -2.87. The molecule has 0 saturated carbocycles. The maximum Gasteiger partial charge on any atom is 0.318 e. The number of rotatable bonds is 2. The SMILES string of the molecule is CC(C)(Cl)O[PH](=O)O. The molecule has 0 aliphatic rings. The van der Waals surface area contributed by atoms with Gasteiger partial charge >= 0.3 is 8.25 Å². The van der Waals surface area contributed by atoms with Crippen LogP contribution in [0.25, 0.3) is 0 Å². The highest BCUT2D eigenvalue weighted by Gasteiger charge is 2.14. The first-order valence-corrected chi connectivity index (χ1v) is 3.67. The number of hydrogen-bond acceptors (Lipinski definition) is 2.